The summed E-state index contributed by atoms with van der Waals surface area (Å²) in [6.07, 6.45) is 0. The second-order valence-corrected chi connectivity index (χ2v) is 9.50. The smallest absolute Gasteiger partial charge is 0.253 e. The lowest BCUT2D eigenvalue weighted by molar-refractivity contribution is 0.0615. The fraction of sp³-hybridized carbons (Fsp3) is 0.231. The molecule has 0 bridgehead atoms. The van der Waals surface area contributed by atoms with Crippen molar-refractivity contribution in [2.24, 2.45) is 5.73 Å². The van der Waals surface area contributed by atoms with Gasteiger partial charge in [0.15, 0.2) is 0 Å². The van der Waals surface area contributed by atoms with Crippen LogP contribution in [0, 0.1) is 0 Å². The third-order valence-corrected chi connectivity index (χ3v) is 7.29. The lowest BCUT2D eigenvalue weighted by atomic mass is 9.98. The van der Waals surface area contributed by atoms with Gasteiger partial charge in [-0.15, -0.1) is 0 Å². The van der Waals surface area contributed by atoms with Crippen LogP contribution in [-0.4, -0.2) is 71.0 Å². The van der Waals surface area contributed by atoms with Crippen LogP contribution in [0.25, 0.3) is 32.9 Å². The summed E-state index contributed by atoms with van der Waals surface area (Å²) in [4.78, 5) is 32.8. The fourth-order valence-corrected chi connectivity index (χ4v) is 4.97. The SMILES string of the molecule is NC(=O)c1cc(-c2ccc(Cl)c(Cl)c2)cc2c1[nH]c1ccc(C(=O)N3CCN(CCO)CC3)cc12. The largest absolute Gasteiger partial charge is 0.395 e. The number of hydrogen-bond acceptors (Lipinski definition) is 4. The van der Waals surface area contributed by atoms with E-state index in [1.807, 2.05) is 29.2 Å². The molecule has 4 N–H and O–H groups in total. The highest BCUT2D eigenvalue weighted by molar-refractivity contribution is 6.42. The highest BCUT2D eigenvalue weighted by Gasteiger charge is 2.23. The number of halogens is 2. The molecule has 1 aromatic heterocycles. The summed E-state index contributed by atoms with van der Waals surface area (Å²) in [6, 6.07) is 14.5. The van der Waals surface area contributed by atoms with E-state index in [4.69, 9.17) is 34.0 Å². The number of β-amino-alcohol motifs (C(OH)–C–C–N with tert-alkyl or cyclic N) is 1. The number of carbonyl (C=O) groups excluding carboxylic acids is 2. The maximum Gasteiger partial charge on any atom is 0.253 e. The molecule has 2 heterocycles. The van der Waals surface area contributed by atoms with Crippen molar-refractivity contribution in [2.75, 3.05) is 39.3 Å². The first-order valence-electron chi connectivity index (χ1n) is 11.3. The van der Waals surface area contributed by atoms with Crippen LogP contribution in [0.5, 0.6) is 0 Å². The number of carbonyl (C=O) groups is 2. The van der Waals surface area contributed by atoms with Gasteiger partial charge in [-0.2, -0.15) is 0 Å². The van der Waals surface area contributed by atoms with E-state index in [2.05, 4.69) is 9.88 Å². The molecule has 2 amide bonds. The van der Waals surface area contributed by atoms with Gasteiger partial charge in [0.1, 0.15) is 0 Å². The number of benzene rings is 3. The van der Waals surface area contributed by atoms with E-state index < -0.39 is 5.91 Å². The van der Waals surface area contributed by atoms with Gasteiger partial charge < -0.3 is 20.7 Å². The van der Waals surface area contributed by atoms with Crippen molar-refractivity contribution in [3.8, 4) is 11.1 Å². The molecule has 3 aromatic carbocycles. The zero-order chi connectivity index (χ0) is 24.7. The van der Waals surface area contributed by atoms with E-state index in [0.29, 0.717) is 46.3 Å². The predicted molar refractivity (Wildman–Crippen MR) is 139 cm³/mol. The molecule has 0 unspecified atom stereocenters. The van der Waals surface area contributed by atoms with Crippen LogP contribution in [0.15, 0.2) is 48.5 Å². The number of aliphatic hydroxyl groups is 1. The lowest BCUT2D eigenvalue weighted by Crippen LogP contribution is -2.49. The molecule has 0 radical (unpaired) electrons. The number of H-pyrrole nitrogens is 1. The number of nitrogens with zero attached hydrogens (tertiary/aromatic N) is 2. The summed E-state index contributed by atoms with van der Waals surface area (Å²) in [5.41, 5.74) is 9.65. The first-order chi connectivity index (χ1) is 16.9. The molecular weight excluding hydrogens is 487 g/mol. The monoisotopic (exact) mass is 510 g/mol. The van der Waals surface area contributed by atoms with Crippen LogP contribution in [-0.2, 0) is 0 Å². The van der Waals surface area contributed by atoms with Gasteiger partial charge in [-0.05, 0) is 53.6 Å². The Morgan fingerprint density at radius 2 is 1.69 bits per heavy atom. The van der Waals surface area contributed by atoms with Crippen molar-refractivity contribution in [1.29, 1.82) is 0 Å². The van der Waals surface area contributed by atoms with Crippen molar-refractivity contribution >= 4 is 56.8 Å². The minimum Gasteiger partial charge on any atom is -0.395 e. The van der Waals surface area contributed by atoms with Gasteiger partial charge in [-0.1, -0.05) is 29.3 Å². The van der Waals surface area contributed by atoms with Gasteiger partial charge in [0.2, 0.25) is 0 Å². The molecule has 35 heavy (non-hydrogen) atoms. The average molecular weight is 511 g/mol. The zero-order valence-corrected chi connectivity index (χ0v) is 20.4. The summed E-state index contributed by atoms with van der Waals surface area (Å²) in [6.45, 7) is 3.42. The van der Waals surface area contributed by atoms with Crippen LogP contribution >= 0.6 is 23.2 Å². The quantitative estimate of drug-likeness (QED) is 0.375. The minimum atomic E-state index is -0.555. The van der Waals surface area contributed by atoms with Crippen LogP contribution in [0.2, 0.25) is 10.0 Å². The number of hydrogen-bond donors (Lipinski definition) is 3. The van der Waals surface area contributed by atoms with Gasteiger partial charge >= 0.3 is 0 Å². The third-order valence-electron chi connectivity index (χ3n) is 6.55. The molecule has 180 valence electrons. The van der Waals surface area contributed by atoms with Gasteiger partial charge in [0.25, 0.3) is 11.8 Å². The molecule has 9 heteroatoms. The van der Waals surface area contributed by atoms with E-state index in [-0.39, 0.29) is 12.5 Å². The Morgan fingerprint density at radius 3 is 2.37 bits per heavy atom. The van der Waals surface area contributed by atoms with Gasteiger partial charge in [-0.3, -0.25) is 14.5 Å². The first-order valence-corrected chi connectivity index (χ1v) is 12.1. The number of aliphatic hydroxyl groups excluding tert-OH is 1. The summed E-state index contributed by atoms with van der Waals surface area (Å²) in [5, 5.41) is 11.6. The Bertz CT molecular complexity index is 1460. The Kier molecular flexibility index (Phi) is 6.42. The molecule has 7 nitrogen and oxygen atoms in total. The van der Waals surface area contributed by atoms with Crippen LogP contribution in [0.1, 0.15) is 20.7 Å². The maximum absolute atomic E-state index is 13.2. The van der Waals surface area contributed by atoms with Crippen molar-refractivity contribution in [1.82, 2.24) is 14.8 Å². The average Bonchev–Trinajstić information content (AvgIpc) is 3.23. The second kappa shape index (κ2) is 9.51. The van der Waals surface area contributed by atoms with Gasteiger partial charge in [0.05, 0.1) is 27.7 Å². The number of amides is 2. The van der Waals surface area contributed by atoms with Crippen LogP contribution in [0.4, 0.5) is 0 Å². The number of aromatic nitrogens is 1. The highest BCUT2D eigenvalue weighted by Crippen LogP contribution is 2.35. The van der Waals surface area contributed by atoms with Crippen molar-refractivity contribution in [2.45, 2.75) is 0 Å². The predicted octanol–water partition coefficient (Wildman–Crippen LogP) is 4.14. The maximum atomic E-state index is 13.2. The van der Waals surface area contributed by atoms with Crippen LogP contribution in [0.3, 0.4) is 0 Å². The van der Waals surface area contributed by atoms with Crippen molar-refractivity contribution in [3.05, 3.63) is 69.7 Å². The summed E-state index contributed by atoms with van der Waals surface area (Å²) in [5.74, 6) is -0.596. The highest BCUT2D eigenvalue weighted by atomic mass is 35.5. The van der Waals surface area contributed by atoms with E-state index in [1.54, 1.807) is 24.3 Å². The lowest BCUT2D eigenvalue weighted by Gasteiger charge is -2.34. The molecule has 0 atom stereocenters. The summed E-state index contributed by atoms with van der Waals surface area (Å²) >= 11 is 12.3. The van der Waals surface area contributed by atoms with Crippen molar-refractivity contribution in [3.63, 3.8) is 0 Å². The second-order valence-electron chi connectivity index (χ2n) is 8.68. The zero-order valence-electron chi connectivity index (χ0n) is 18.9. The third kappa shape index (κ3) is 4.48. The van der Waals surface area contributed by atoms with E-state index >= 15 is 0 Å². The van der Waals surface area contributed by atoms with E-state index in [1.165, 1.54) is 0 Å². The Labute approximate surface area is 212 Å². The number of primary amides is 1. The first kappa shape index (κ1) is 23.6. The number of nitrogens with one attached hydrogen (secondary N) is 1. The molecule has 0 spiro atoms. The molecule has 1 aliphatic heterocycles. The normalized spacial score (nSPS) is 14.7. The molecule has 5 rings (SSSR count). The summed E-state index contributed by atoms with van der Waals surface area (Å²) in [7, 11) is 0. The molecule has 4 aromatic rings. The molecule has 1 aliphatic rings. The van der Waals surface area contributed by atoms with Gasteiger partial charge in [0, 0.05) is 54.6 Å². The van der Waals surface area contributed by atoms with Crippen LogP contribution < -0.4 is 5.73 Å². The standard InChI is InChI=1S/C26H24Cl2N4O3/c27-21-3-1-15(14-22(21)28)17-12-19-18-11-16(26(35)32-7-5-31(6-8-32)9-10-33)2-4-23(18)30-24(19)20(13-17)25(29)34/h1-4,11-14,30,33H,5-10H2,(H2,29,34). The molecular formula is C26H24Cl2N4O3. The molecule has 1 saturated heterocycles. The summed E-state index contributed by atoms with van der Waals surface area (Å²) < 4.78 is 0. The number of aromatic amines is 1. The molecule has 1 fully saturated rings. The minimum absolute atomic E-state index is 0.0411. The Balaban J connectivity index is 1.57. The number of piperazine rings is 1. The number of rotatable bonds is 5. The fourth-order valence-electron chi connectivity index (χ4n) is 4.67. The van der Waals surface area contributed by atoms with Gasteiger partial charge in [-0.25, -0.2) is 0 Å². The molecule has 0 saturated carbocycles. The Morgan fingerprint density at radius 1 is 0.914 bits per heavy atom. The van der Waals surface area contributed by atoms with E-state index in [0.717, 1.165) is 40.5 Å². The Hall–Kier alpha value is -3.10. The number of fused-ring (bicyclic) bond motifs is 3. The molecule has 0 aliphatic carbocycles. The van der Waals surface area contributed by atoms with E-state index in [9.17, 15) is 9.59 Å². The number of nitrogens with two attached hydrogens (primary N) is 1. The topological polar surface area (TPSA) is 103 Å². The van der Waals surface area contributed by atoms with Crippen molar-refractivity contribution < 1.29 is 14.7 Å².